The number of nitrogens with zero attached hydrogens (tertiary/aromatic N) is 1. The Morgan fingerprint density at radius 2 is 2.17 bits per heavy atom. The number of amides is 1. The normalized spacial score (nSPS) is 17.0. The van der Waals surface area contributed by atoms with E-state index in [-0.39, 0.29) is 11.9 Å². The van der Waals surface area contributed by atoms with E-state index in [2.05, 4.69) is 15.6 Å². The van der Waals surface area contributed by atoms with Crippen molar-refractivity contribution in [1.82, 2.24) is 10.3 Å². The minimum Gasteiger partial charge on any atom is -0.493 e. The Morgan fingerprint density at radius 3 is 2.87 bits per heavy atom. The van der Waals surface area contributed by atoms with E-state index in [1.807, 2.05) is 23.6 Å². The van der Waals surface area contributed by atoms with Crippen molar-refractivity contribution in [3.63, 3.8) is 0 Å². The molecular weight excluding hydrogens is 314 g/mol. The predicted octanol–water partition coefficient (Wildman–Crippen LogP) is 2.52. The van der Waals surface area contributed by atoms with E-state index in [9.17, 15) is 4.79 Å². The molecule has 0 spiro atoms. The molecule has 0 bridgehead atoms. The fourth-order valence-corrected chi connectivity index (χ4v) is 3.28. The molecule has 1 unspecified atom stereocenters. The molecule has 7 heteroatoms. The minimum absolute atomic E-state index is 0.0179. The number of carbonyl (C=O) groups excluding carboxylic acids is 1. The first kappa shape index (κ1) is 15.8. The molecule has 0 aliphatic carbocycles. The Morgan fingerprint density at radius 1 is 1.35 bits per heavy atom. The first-order valence-corrected chi connectivity index (χ1v) is 8.31. The second-order valence-electron chi connectivity index (χ2n) is 5.25. The fraction of sp³-hybridized carbons (Fsp3) is 0.375. The Hall–Kier alpha value is -2.12. The molecule has 1 saturated heterocycles. The highest BCUT2D eigenvalue weighted by Crippen LogP contribution is 2.33. The molecule has 1 fully saturated rings. The summed E-state index contributed by atoms with van der Waals surface area (Å²) in [5.74, 6) is 1.31. The van der Waals surface area contributed by atoms with Gasteiger partial charge in [-0.1, -0.05) is 0 Å². The molecule has 23 heavy (non-hydrogen) atoms. The van der Waals surface area contributed by atoms with Crippen molar-refractivity contribution in [2.24, 2.45) is 0 Å². The van der Waals surface area contributed by atoms with E-state index in [4.69, 9.17) is 9.47 Å². The van der Waals surface area contributed by atoms with Gasteiger partial charge >= 0.3 is 0 Å². The number of benzene rings is 1. The highest BCUT2D eigenvalue weighted by Gasteiger charge is 2.22. The number of hydrogen-bond donors (Lipinski definition) is 2. The molecule has 1 amide bonds. The van der Waals surface area contributed by atoms with Gasteiger partial charge in [-0.3, -0.25) is 4.79 Å². The van der Waals surface area contributed by atoms with Gasteiger partial charge in [0.25, 0.3) is 0 Å². The standard InChI is InChI=1S/C16H19N3O3S/c1-21-13-6-5-10(8-14(13)22-2)12-9-23-16(18-12)19-15(20)11-4-3-7-17-11/h5-6,8-9,11,17H,3-4,7H2,1-2H3,(H,18,19,20). The molecule has 1 aromatic carbocycles. The second kappa shape index (κ2) is 6.97. The predicted molar refractivity (Wildman–Crippen MR) is 90.3 cm³/mol. The van der Waals surface area contributed by atoms with E-state index in [0.717, 1.165) is 30.6 Å². The molecule has 0 radical (unpaired) electrons. The molecule has 2 aromatic rings. The van der Waals surface area contributed by atoms with Crippen LogP contribution in [0.2, 0.25) is 0 Å². The topological polar surface area (TPSA) is 72.5 Å². The van der Waals surface area contributed by atoms with Crippen molar-refractivity contribution < 1.29 is 14.3 Å². The number of hydrogen-bond acceptors (Lipinski definition) is 6. The summed E-state index contributed by atoms with van der Waals surface area (Å²) in [6.45, 7) is 0.896. The van der Waals surface area contributed by atoms with Gasteiger partial charge in [-0.25, -0.2) is 4.98 Å². The Labute approximate surface area is 138 Å². The average Bonchev–Trinajstić information content (AvgIpc) is 3.25. The van der Waals surface area contributed by atoms with Crippen LogP contribution in [0.25, 0.3) is 11.3 Å². The van der Waals surface area contributed by atoms with E-state index >= 15 is 0 Å². The van der Waals surface area contributed by atoms with Crippen LogP contribution in [0.15, 0.2) is 23.6 Å². The van der Waals surface area contributed by atoms with E-state index in [1.165, 1.54) is 11.3 Å². The van der Waals surface area contributed by atoms with Gasteiger partial charge in [0.05, 0.1) is 26.0 Å². The van der Waals surface area contributed by atoms with Crippen LogP contribution >= 0.6 is 11.3 Å². The lowest BCUT2D eigenvalue weighted by Gasteiger charge is -2.09. The SMILES string of the molecule is COc1ccc(-c2csc(NC(=O)C3CCCN3)n2)cc1OC. The summed E-state index contributed by atoms with van der Waals surface area (Å²) >= 11 is 1.41. The van der Waals surface area contributed by atoms with Crippen LogP contribution in [0.4, 0.5) is 5.13 Å². The maximum absolute atomic E-state index is 12.1. The number of carbonyl (C=O) groups is 1. The molecule has 2 heterocycles. The van der Waals surface area contributed by atoms with E-state index in [1.54, 1.807) is 14.2 Å². The van der Waals surface area contributed by atoms with E-state index < -0.39 is 0 Å². The monoisotopic (exact) mass is 333 g/mol. The lowest BCUT2D eigenvalue weighted by molar-refractivity contribution is -0.117. The number of thiazole rings is 1. The van der Waals surface area contributed by atoms with Crippen LogP contribution in [-0.2, 0) is 4.79 Å². The maximum Gasteiger partial charge on any atom is 0.243 e. The number of nitrogens with one attached hydrogen (secondary N) is 2. The number of aromatic nitrogens is 1. The van der Waals surface area contributed by atoms with Gasteiger partial charge in [-0.05, 0) is 37.6 Å². The van der Waals surface area contributed by atoms with Crippen molar-refractivity contribution in [3.8, 4) is 22.8 Å². The van der Waals surface area contributed by atoms with Crippen LogP contribution in [0.1, 0.15) is 12.8 Å². The lowest BCUT2D eigenvalue weighted by Crippen LogP contribution is -2.35. The smallest absolute Gasteiger partial charge is 0.243 e. The zero-order valence-electron chi connectivity index (χ0n) is 13.1. The number of anilines is 1. The average molecular weight is 333 g/mol. The third-order valence-corrected chi connectivity index (χ3v) is 4.55. The molecule has 0 saturated carbocycles. The third kappa shape index (κ3) is 3.46. The molecule has 2 N–H and O–H groups in total. The van der Waals surface area contributed by atoms with Crippen LogP contribution in [0.5, 0.6) is 11.5 Å². The van der Waals surface area contributed by atoms with Gasteiger partial charge in [0.2, 0.25) is 5.91 Å². The maximum atomic E-state index is 12.1. The van der Waals surface area contributed by atoms with Crippen molar-refractivity contribution in [2.45, 2.75) is 18.9 Å². The highest BCUT2D eigenvalue weighted by molar-refractivity contribution is 7.14. The Bertz CT molecular complexity index is 696. The summed E-state index contributed by atoms with van der Waals surface area (Å²) in [6.07, 6.45) is 1.91. The first-order valence-electron chi connectivity index (χ1n) is 7.43. The van der Waals surface area contributed by atoms with Crippen LogP contribution in [0.3, 0.4) is 0 Å². The summed E-state index contributed by atoms with van der Waals surface area (Å²) in [5.41, 5.74) is 1.71. The van der Waals surface area contributed by atoms with Gasteiger partial charge in [0, 0.05) is 10.9 Å². The molecular formula is C16H19N3O3S. The van der Waals surface area contributed by atoms with Crippen LogP contribution in [0, 0.1) is 0 Å². The first-order chi connectivity index (χ1) is 11.2. The summed E-state index contributed by atoms with van der Waals surface area (Å²) in [7, 11) is 3.20. The van der Waals surface area contributed by atoms with E-state index in [0.29, 0.717) is 16.6 Å². The van der Waals surface area contributed by atoms with Crippen LogP contribution in [-0.4, -0.2) is 37.7 Å². The number of methoxy groups -OCH3 is 2. The number of rotatable bonds is 5. The zero-order chi connectivity index (χ0) is 16.2. The Kier molecular flexibility index (Phi) is 4.78. The minimum atomic E-state index is -0.108. The fourth-order valence-electron chi connectivity index (χ4n) is 2.56. The van der Waals surface area contributed by atoms with Crippen molar-refractivity contribution >= 4 is 22.4 Å². The molecule has 122 valence electrons. The molecule has 3 rings (SSSR count). The molecule has 1 atom stereocenters. The van der Waals surface area contributed by atoms with Crippen molar-refractivity contribution in [1.29, 1.82) is 0 Å². The molecule has 1 aliphatic rings. The molecule has 1 aromatic heterocycles. The van der Waals surface area contributed by atoms with Gasteiger partial charge < -0.3 is 20.1 Å². The van der Waals surface area contributed by atoms with Crippen molar-refractivity contribution in [3.05, 3.63) is 23.6 Å². The van der Waals surface area contributed by atoms with Crippen molar-refractivity contribution in [2.75, 3.05) is 26.1 Å². The summed E-state index contributed by atoms with van der Waals surface area (Å²) < 4.78 is 10.5. The van der Waals surface area contributed by atoms with Gasteiger partial charge in [0.1, 0.15) is 0 Å². The quantitative estimate of drug-likeness (QED) is 0.880. The van der Waals surface area contributed by atoms with Gasteiger partial charge in [-0.15, -0.1) is 11.3 Å². The third-order valence-electron chi connectivity index (χ3n) is 3.79. The lowest BCUT2D eigenvalue weighted by atomic mass is 10.1. The summed E-state index contributed by atoms with van der Waals surface area (Å²) in [4.78, 5) is 16.6. The summed E-state index contributed by atoms with van der Waals surface area (Å²) in [5, 5.41) is 8.57. The highest BCUT2D eigenvalue weighted by atomic mass is 32.1. The molecule has 1 aliphatic heterocycles. The largest absolute Gasteiger partial charge is 0.493 e. The number of ether oxygens (including phenoxy) is 2. The Balaban J connectivity index is 1.75. The zero-order valence-corrected chi connectivity index (χ0v) is 13.9. The van der Waals surface area contributed by atoms with Gasteiger partial charge in [-0.2, -0.15) is 0 Å². The second-order valence-corrected chi connectivity index (χ2v) is 6.10. The van der Waals surface area contributed by atoms with Crippen LogP contribution < -0.4 is 20.1 Å². The summed E-state index contributed by atoms with van der Waals surface area (Å²) in [6, 6.07) is 5.52. The molecule has 6 nitrogen and oxygen atoms in total. The van der Waals surface area contributed by atoms with Gasteiger partial charge in [0.15, 0.2) is 16.6 Å².